The molecule has 1 aromatic rings. The van der Waals surface area contributed by atoms with Crippen molar-refractivity contribution in [3.8, 4) is 12.1 Å². The van der Waals surface area contributed by atoms with Crippen LogP contribution in [-0.4, -0.2) is 39.5 Å². The van der Waals surface area contributed by atoms with Crippen LogP contribution in [0.25, 0.3) is 0 Å². The standard InChI is InChI=1S/C13H15N3O3S/c1-19-10-9-16(8-4-7-14)20(17,18)13-6-3-2-5-12(13)11-15/h2-3,5-6H,4,8-10H2,1H3. The zero-order valence-corrected chi connectivity index (χ0v) is 11.9. The molecular formula is C13H15N3O3S. The van der Waals surface area contributed by atoms with Crippen LogP contribution in [0, 0.1) is 22.7 Å². The normalized spacial score (nSPS) is 11.0. The summed E-state index contributed by atoms with van der Waals surface area (Å²) >= 11 is 0. The van der Waals surface area contributed by atoms with Crippen molar-refractivity contribution in [2.75, 3.05) is 26.8 Å². The molecule has 0 spiro atoms. The number of nitriles is 2. The van der Waals surface area contributed by atoms with Crippen molar-refractivity contribution in [2.24, 2.45) is 0 Å². The van der Waals surface area contributed by atoms with Crippen molar-refractivity contribution in [1.82, 2.24) is 4.31 Å². The molecule has 0 bridgehead atoms. The van der Waals surface area contributed by atoms with Gasteiger partial charge in [0.2, 0.25) is 10.0 Å². The van der Waals surface area contributed by atoms with E-state index in [0.717, 1.165) is 4.31 Å². The fourth-order valence-corrected chi connectivity index (χ4v) is 3.21. The maximum absolute atomic E-state index is 12.5. The summed E-state index contributed by atoms with van der Waals surface area (Å²) < 4.78 is 31.1. The lowest BCUT2D eigenvalue weighted by molar-refractivity contribution is 0.179. The number of hydrogen-bond acceptors (Lipinski definition) is 5. The Labute approximate surface area is 118 Å². The average Bonchev–Trinajstić information content (AvgIpc) is 2.47. The smallest absolute Gasteiger partial charge is 0.244 e. The van der Waals surface area contributed by atoms with Crippen LogP contribution < -0.4 is 0 Å². The van der Waals surface area contributed by atoms with E-state index in [-0.39, 0.29) is 36.6 Å². The minimum Gasteiger partial charge on any atom is -0.383 e. The van der Waals surface area contributed by atoms with Gasteiger partial charge in [-0.1, -0.05) is 12.1 Å². The van der Waals surface area contributed by atoms with E-state index in [4.69, 9.17) is 15.3 Å². The number of hydrogen-bond donors (Lipinski definition) is 0. The summed E-state index contributed by atoms with van der Waals surface area (Å²) in [6.07, 6.45) is 0.0810. The zero-order valence-electron chi connectivity index (χ0n) is 11.1. The van der Waals surface area contributed by atoms with Gasteiger partial charge in [-0.15, -0.1) is 0 Å². The van der Waals surface area contributed by atoms with Crippen LogP contribution in [0.4, 0.5) is 0 Å². The van der Waals surface area contributed by atoms with Gasteiger partial charge in [-0.3, -0.25) is 0 Å². The molecule has 6 nitrogen and oxygen atoms in total. The van der Waals surface area contributed by atoms with Crippen molar-refractivity contribution < 1.29 is 13.2 Å². The summed E-state index contributed by atoms with van der Waals surface area (Å²) in [5, 5.41) is 17.6. The van der Waals surface area contributed by atoms with Gasteiger partial charge in [0.25, 0.3) is 0 Å². The van der Waals surface area contributed by atoms with E-state index in [2.05, 4.69) is 0 Å². The van der Waals surface area contributed by atoms with Crippen LogP contribution in [0.15, 0.2) is 29.2 Å². The zero-order chi connectivity index (χ0) is 15.0. The third-order valence-corrected chi connectivity index (χ3v) is 4.60. The highest BCUT2D eigenvalue weighted by Crippen LogP contribution is 2.19. The van der Waals surface area contributed by atoms with Gasteiger partial charge < -0.3 is 4.74 Å². The molecule has 0 saturated heterocycles. The lowest BCUT2D eigenvalue weighted by atomic mass is 10.2. The minimum absolute atomic E-state index is 0.0449. The maximum Gasteiger partial charge on any atom is 0.244 e. The quantitative estimate of drug-likeness (QED) is 0.750. The summed E-state index contributed by atoms with van der Waals surface area (Å²) in [4.78, 5) is -0.0449. The SMILES string of the molecule is COCCN(CCC#N)S(=O)(=O)c1ccccc1C#N. The first kappa shape index (κ1) is 16.1. The van der Waals surface area contributed by atoms with Gasteiger partial charge in [0.05, 0.1) is 23.1 Å². The van der Waals surface area contributed by atoms with Crippen LogP contribution in [0.1, 0.15) is 12.0 Å². The van der Waals surface area contributed by atoms with Crippen LogP contribution >= 0.6 is 0 Å². The van der Waals surface area contributed by atoms with Gasteiger partial charge in [0.15, 0.2) is 0 Å². The van der Waals surface area contributed by atoms with Gasteiger partial charge in [-0.25, -0.2) is 8.42 Å². The molecule has 1 rings (SSSR count). The minimum atomic E-state index is -3.81. The molecule has 0 N–H and O–H groups in total. The van der Waals surface area contributed by atoms with E-state index in [0.29, 0.717) is 0 Å². The maximum atomic E-state index is 12.5. The molecule has 1 aromatic carbocycles. The highest BCUT2D eigenvalue weighted by atomic mass is 32.2. The molecule has 0 aromatic heterocycles. The van der Waals surface area contributed by atoms with Crippen LogP contribution in [-0.2, 0) is 14.8 Å². The summed E-state index contributed by atoms with van der Waals surface area (Å²) in [5.41, 5.74) is 0.0897. The van der Waals surface area contributed by atoms with E-state index < -0.39 is 10.0 Å². The van der Waals surface area contributed by atoms with E-state index in [1.807, 2.05) is 12.1 Å². The Balaban J connectivity index is 3.15. The molecule has 0 aliphatic carbocycles. The van der Waals surface area contributed by atoms with Gasteiger partial charge in [-0.2, -0.15) is 14.8 Å². The summed E-state index contributed by atoms with van der Waals surface area (Å²) in [6, 6.07) is 9.79. The number of sulfonamides is 1. The molecule has 0 aliphatic heterocycles. The third kappa shape index (κ3) is 3.78. The topological polar surface area (TPSA) is 94.2 Å². The molecular weight excluding hydrogens is 278 g/mol. The highest BCUT2D eigenvalue weighted by molar-refractivity contribution is 7.89. The fourth-order valence-electron chi connectivity index (χ4n) is 1.64. The van der Waals surface area contributed by atoms with E-state index in [1.54, 1.807) is 12.1 Å². The Hall–Kier alpha value is -1.93. The predicted octanol–water partition coefficient (Wildman–Crippen LogP) is 1.11. The molecule has 106 valence electrons. The van der Waals surface area contributed by atoms with Crippen molar-refractivity contribution in [2.45, 2.75) is 11.3 Å². The molecule has 7 heteroatoms. The number of ether oxygens (including phenoxy) is 1. The Morgan fingerprint density at radius 2 is 1.95 bits per heavy atom. The Morgan fingerprint density at radius 3 is 2.55 bits per heavy atom. The van der Waals surface area contributed by atoms with Crippen molar-refractivity contribution in [3.63, 3.8) is 0 Å². The second-order valence-electron chi connectivity index (χ2n) is 3.91. The van der Waals surface area contributed by atoms with Crippen molar-refractivity contribution in [3.05, 3.63) is 29.8 Å². The summed E-state index contributed by atoms with van der Waals surface area (Å²) in [6.45, 7) is 0.432. The van der Waals surface area contributed by atoms with E-state index >= 15 is 0 Å². The monoisotopic (exact) mass is 293 g/mol. The Kier molecular flexibility index (Phi) is 6.13. The first-order valence-corrected chi connectivity index (χ1v) is 7.37. The fraction of sp³-hybridized carbons (Fsp3) is 0.385. The van der Waals surface area contributed by atoms with Crippen molar-refractivity contribution in [1.29, 1.82) is 10.5 Å². The second kappa shape index (κ2) is 7.61. The van der Waals surface area contributed by atoms with Gasteiger partial charge >= 0.3 is 0 Å². The molecule has 0 unspecified atom stereocenters. The summed E-state index contributed by atoms with van der Waals surface area (Å²) in [7, 11) is -2.34. The molecule has 0 radical (unpaired) electrons. The largest absolute Gasteiger partial charge is 0.383 e. The molecule has 0 atom stereocenters. The van der Waals surface area contributed by atoms with Crippen LogP contribution in [0.2, 0.25) is 0 Å². The molecule has 20 heavy (non-hydrogen) atoms. The van der Waals surface area contributed by atoms with Crippen LogP contribution in [0.3, 0.4) is 0 Å². The predicted molar refractivity (Wildman–Crippen MR) is 72.0 cm³/mol. The number of benzene rings is 1. The molecule has 0 fully saturated rings. The van der Waals surface area contributed by atoms with Gasteiger partial charge in [-0.05, 0) is 12.1 Å². The first-order chi connectivity index (χ1) is 9.57. The number of methoxy groups -OCH3 is 1. The number of rotatable bonds is 7. The molecule has 0 aliphatic rings. The second-order valence-corrected chi connectivity index (χ2v) is 5.82. The molecule has 0 amide bonds. The Morgan fingerprint density at radius 1 is 1.25 bits per heavy atom. The number of nitrogens with zero attached hydrogens (tertiary/aromatic N) is 3. The lowest BCUT2D eigenvalue weighted by Crippen LogP contribution is -2.35. The average molecular weight is 293 g/mol. The van der Waals surface area contributed by atoms with Gasteiger partial charge in [0, 0.05) is 26.6 Å². The highest BCUT2D eigenvalue weighted by Gasteiger charge is 2.26. The molecule has 0 heterocycles. The third-order valence-electron chi connectivity index (χ3n) is 2.64. The van der Waals surface area contributed by atoms with Crippen molar-refractivity contribution >= 4 is 10.0 Å². The van der Waals surface area contributed by atoms with Gasteiger partial charge in [0.1, 0.15) is 6.07 Å². The van der Waals surface area contributed by atoms with Crippen LogP contribution in [0.5, 0.6) is 0 Å². The van der Waals surface area contributed by atoms with E-state index in [9.17, 15) is 8.42 Å². The van der Waals surface area contributed by atoms with E-state index in [1.165, 1.54) is 19.2 Å². The lowest BCUT2D eigenvalue weighted by Gasteiger charge is -2.21. The first-order valence-electron chi connectivity index (χ1n) is 5.93. The molecule has 0 saturated carbocycles. The summed E-state index contributed by atoms with van der Waals surface area (Å²) in [5.74, 6) is 0. The Bertz CT molecular complexity index is 629.